The predicted octanol–water partition coefficient (Wildman–Crippen LogP) is 3.49. The van der Waals surface area contributed by atoms with Crippen molar-refractivity contribution in [2.24, 2.45) is 0 Å². The maximum absolute atomic E-state index is 12.6. The van der Waals surface area contributed by atoms with E-state index >= 15 is 0 Å². The van der Waals surface area contributed by atoms with Gasteiger partial charge in [-0.2, -0.15) is 5.10 Å². The molecule has 1 aliphatic rings. The summed E-state index contributed by atoms with van der Waals surface area (Å²) in [5, 5.41) is 7.01. The van der Waals surface area contributed by atoms with Crippen LogP contribution in [0.5, 0.6) is 0 Å². The van der Waals surface area contributed by atoms with Crippen LogP contribution in [0.4, 0.5) is 10.5 Å². The Balaban J connectivity index is 1.56. The number of rotatable bonds is 5. The number of piperidine rings is 1. The highest BCUT2D eigenvalue weighted by molar-refractivity contribution is 7.91. The molecule has 0 aromatic carbocycles. The number of anilines is 1. The molecule has 3 aromatic rings. The first-order valence-corrected chi connectivity index (χ1v) is 13.8. The van der Waals surface area contributed by atoms with Gasteiger partial charge in [-0.25, -0.2) is 17.7 Å². The van der Waals surface area contributed by atoms with E-state index in [2.05, 4.69) is 10.4 Å². The standard InChI is InChI=1S/C25H31N5O5S/c1-25(2,3)35-24(32)29-11-6-7-17(15-29)20-8-5-9-21(28-20)19-14-26-30-12-10-18(13-22(19)30)27-23(31)16-36(4,33)34/h5,8-10,12-14,17H,6-7,11,15-16H2,1-4H3,(H,27,31). The molecular weight excluding hydrogens is 482 g/mol. The number of amides is 2. The zero-order valence-corrected chi connectivity index (χ0v) is 21.7. The van der Waals surface area contributed by atoms with Gasteiger partial charge in [0, 0.05) is 48.4 Å². The predicted molar refractivity (Wildman–Crippen MR) is 137 cm³/mol. The summed E-state index contributed by atoms with van der Waals surface area (Å²) in [7, 11) is -3.43. The smallest absolute Gasteiger partial charge is 0.410 e. The van der Waals surface area contributed by atoms with E-state index in [4.69, 9.17) is 9.72 Å². The molecule has 0 bridgehead atoms. The van der Waals surface area contributed by atoms with Gasteiger partial charge in [0.05, 0.1) is 17.4 Å². The SMILES string of the molecule is CC(C)(C)OC(=O)N1CCCC(c2cccc(-c3cnn4ccc(NC(=O)CS(C)(=O)=O)cc34)n2)C1. The van der Waals surface area contributed by atoms with E-state index in [9.17, 15) is 18.0 Å². The van der Waals surface area contributed by atoms with Crippen LogP contribution in [0.15, 0.2) is 42.7 Å². The number of fused-ring (bicyclic) bond motifs is 1. The van der Waals surface area contributed by atoms with Gasteiger partial charge in [0.2, 0.25) is 5.91 Å². The van der Waals surface area contributed by atoms with Crippen molar-refractivity contribution in [3.05, 3.63) is 48.4 Å². The third kappa shape index (κ3) is 6.39. The average Bonchev–Trinajstić information content (AvgIpc) is 3.20. The second kappa shape index (κ2) is 9.88. The first-order chi connectivity index (χ1) is 16.9. The van der Waals surface area contributed by atoms with Gasteiger partial charge in [0.1, 0.15) is 11.4 Å². The van der Waals surface area contributed by atoms with E-state index in [1.54, 1.807) is 33.9 Å². The average molecular weight is 514 g/mol. The molecule has 2 amide bonds. The van der Waals surface area contributed by atoms with Gasteiger partial charge < -0.3 is 15.0 Å². The van der Waals surface area contributed by atoms with Crippen molar-refractivity contribution in [2.45, 2.75) is 45.1 Å². The van der Waals surface area contributed by atoms with E-state index in [0.717, 1.165) is 41.6 Å². The lowest BCUT2D eigenvalue weighted by Gasteiger charge is -2.34. The quantitative estimate of drug-likeness (QED) is 0.554. The molecule has 192 valence electrons. The zero-order valence-electron chi connectivity index (χ0n) is 20.9. The highest BCUT2D eigenvalue weighted by atomic mass is 32.2. The van der Waals surface area contributed by atoms with Crippen LogP contribution in [-0.4, -0.2) is 70.6 Å². The highest BCUT2D eigenvalue weighted by Crippen LogP contribution is 2.30. The Kier molecular flexibility index (Phi) is 7.03. The molecule has 3 aromatic heterocycles. The fourth-order valence-electron chi connectivity index (χ4n) is 4.23. The minimum absolute atomic E-state index is 0.0823. The maximum atomic E-state index is 12.6. The number of ether oxygens (including phenoxy) is 1. The number of carbonyl (C=O) groups excluding carboxylic acids is 2. The normalized spacial score (nSPS) is 16.7. The Labute approximate surface area is 210 Å². The van der Waals surface area contributed by atoms with Crippen molar-refractivity contribution in [3.8, 4) is 11.3 Å². The molecule has 0 radical (unpaired) electrons. The van der Waals surface area contributed by atoms with Crippen LogP contribution in [0.3, 0.4) is 0 Å². The second-order valence-corrected chi connectivity index (χ2v) is 12.3. The van der Waals surface area contributed by atoms with Crippen molar-refractivity contribution in [1.29, 1.82) is 0 Å². The molecule has 0 spiro atoms. The lowest BCUT2D eigenvalue weighted by Crippen LogP contribution is -2.42. The third-order valence-electron chi connectivity index (χ3n) is 5.74. The largest absolute Gasteiger partial charge is 0.444 e. The summed E-state index contributed by atoms with van der Waals surface area (Å²) < 4.78 is 30.0. The van der Waals surface area contributed by atoms with Gasteiger partial charge in [-0.15, -0.1) is 0 Å². The molecule has 1 atom stereocenters. The van der Waals surface area contributed by atoms with E-state index < -0.39 is 27.1 Å². The molecule has 36 heavy (non-hydrogen) atoms. The Morgan fingerprint density at radius 3 is 2.72 bits per heavy atom. The lowest BCUT2D eigenvalue weighted by atomic mass is 9.94. The van der Waals surface area contributed by atoms with Crippen LogP contribution >= 0.6 is 0 Å². The van der Waals surface area contributed by atoms with Crippen LogP contribution in [-0.2, 0) is 19.4 Å². The van der Waals surface area contributed by atoms with Gasteiger partial charge in [-0.05, 0) is 57.9 Å². The summed E-state index contributed by atoms with van der Waals surface area (Å²) >= 11 is 0. The lowest BCUT2D eigenvalue weighted by molar-refractivity contribution is -0.113. The molecule has 0 saturated carbocycles. The molecule has 11 heteroatoms. The van der Waals surface area contributed by atoms with Crippen molar-refractivity contribution >= 4 is 33.0 Å². The summed E-state index contributed by atoms with van der Waals surface area (Å²) in [5.74, 6) is -1.11. The van der Waals surface area contributed by atoms with Gasteiger partial charge in [-0.3, -0.25) is 9.78 Å². The molecule has 4 heterocycles. The molecular formula is C25H31N5O5S. The van der Waals surface area contributed by atoms with Crippen LogP contribution in [0.1, 0.15) is 45.2 Å². The van der Waals surface area contributed by atoms with Crippen molar-refractivity contribution in [1.82, 2.24) is 19.5 Å². The summed E-state index contributed by atoms with van der Waals surface area (Å²) in [4.78, 5) is 31.3. The number of sulfone groups is 1. The monoisotopic (exact) mass is 513 g/mol. The number of carbonyl (C=O) groups is 2. The van der Waals surface area contributed by atoms with Crippen molar-refractivity contribution in [3.63, 3.8) is 0 Å². The topological polar surface area (TPSA) is 123 Å². The minimum atomic E-state index is -3.43. The highest BCUT2D eigenvalue weighted by Gasteiger charge is 2.29. The van der Waals surface area contributed by atoms with Gasteiger partial charge in [0.25, 0.3) is 0 Å². The Bertz CT molecular complexity index is 1390. The number of pyridine rings is 2. The Morgan fingerprint density at radius 1 is 1.22 bits per heavy atom. The van der Waals surface area contributed by atoms with Crippen molar-refractivity contribution < 1.29 is 22.7 Å². The number of nitrogens with zero attached hydrogens (tertiary/aromatic N) is 4. The Morgan fingerprint density at radius 2 is 2.00 bits per heavy atom. The first-order valence-electron chi connectivity index (χ1n) is 11.8. The number of likely N-dealkylation sites (tertiary alicyclic amines) is 1. The van der Waals surface area contributed by atoms with Crippen LogP contribution < -0.4 is 5.32 Å². The van der Waals surface area contributed by atoms with Crippen molar-refractivity contribution in [2.75, 3.05) is 30.4 Å². The summed E-state index contributed by atoms with van der Waals surface area (Å²) in [5.41, 5.74) is 3.02. The minimum Gasteiger partial charge on any atom is -0.444 e. The van der Waals surface area contributed by atoms with E-state index in [1.165, 1.54) is 0 Å². The van der Waals surface area contributed by atoms with E-state index in [1.807, 2.05) is 39.0 Å². The number of hydrogen-bond donors (Lipinski definition) is 1. The van der Waals surface area contributed by atoms with Crippen LogP contribution in [0.25, 0.3) is 16.8 Å². The maximum Gasteiger partial charge on any atom is 0.410 e. The van der Waals surface area contributed by atoms with E-state index in [0.29, 0.717) is 18.8 Å². The molecule has 4 rings (SSSR count). The summed E-state index contributed by atoms with van der Waals surface area (Å²) in [6.45, 7) is 6.77. The molecule has 1 unspecified atom stereocenters. The Hall–Kier alpha value is -3.47. The van der Waals surface area contributed by atoms with E-state index in [-0.39, 0.29) is 12.0 Å². The fraction of sp³-hybridized carbons (Fsp3) is 0.440. The fourth-order valence-corrected chi connectivity index (χ4v) is 4.78. The molecule has 1 fully saturated rings. The summed E-state index contributed by atoms with van der Waals surface area (Å²) in [6, 6.07) is 9.19. The second-order valence-electron chi connectivity index (χ2n) is 10.1. The molecule has 1 saturated heterocycles. The number of nitrogens with one attached hydrogen (secondary N) is 1. The molecule has 1 N–H and O–H groups in total. The molecule has 1 aliphatic heterocycles. The molecule has 0 aliphatic carbocycles. The summed E-state index contributed by atoms with van der Waals surface area (Å²) in [6.07, 6.45) is 5.89. The van der Waals surface area contributed by atoms with Crippen LogP contribution in [0, 0.1) is 0 Å². The van der Waals surface area contributed by atoms with Crippen LogP contribution in [0.2, 0.25) is 0 Å². The number of aromatic nitrogens is 3. The number of hydrogen-bond acceptors (Lipinski definition) is 7. The van der Waals surface area contributed by atoms with Gasteiger partial charge in [0.15, 0.2) is 9.84 Å². The van der Waals surface area contributed by atoms with Gasteiger partial charge in [-0.1, -0.05) is 6.07 Å². The third-order valence-corrected chi connectivity index (χ3v) is 6.52. The first kappa shape index (κ1) is 25.6. The van der Waals surface area contributed by atoms with Gasteiger partial charge >= 0.3 is 6.09 Å². The molecule has 10 nitrogen and oxygen atoms in total. The zero-order chi connectivity index (χ0) is 26.1.